The molecular weight excluding hydrogens is 300 g/mol. The number of thioether (sulfide) groups is 1. The van der Waals surface area contributed by atoms with Crippen molar-refractivity contribution in [2.45, 2.75) is 43.1 Å². The van der Waals surface area contributed by atoms with E-state index in [9.17, 15) is 9.59 Å². The number of hydrogen-bond acceptors (Lipinski definition) is 5. The predicted octanol–water partition coefficient (Wildman–Crippen LogP) is 2.78. The van der Waals surface area contributed by atoms with Gasteiger partial charge in [0.2, 0.25) is 0 Å². The normalized spacial score (nSPS) is 19.4. The highest BCUT2D eigenvalue weighted by Crippen LogP contribution is 2.30. The summed E-state index contributed by atoms with van der Waals surface area (Å²) in [6.45, 7) is 4.47. The quantitative estimate of drug-likeness (QED) is 0.641. The SMILES string of the molecule is CC[C@@H](C)n1c(S[C@@H]2CCOC2=O)nc2ccccc2c1=O. The third kappa shape index (κ3) is 2.63. The highest BCUT2D eigenvalue weighted by Gasteiger charge is 2.30. The summed E-state index contributed by atoms with van der Waals surface area (Å²) >= 11 is 1.34. The Kier molecular flexibility index (Phi) is 4.20. The van der Waals surface area contributed by atoms with Crippen molar-refractivity contribution >= 4 is 28.6 Å². The van der Waals surface area contributed by atoms with Gasteiger partial charge in [-0.25, -0.2) is 4.98 Å². The first kappa shape index (κ1) is 15.1. The number of esters is 1. The van der Waals surface area contributed by atoms with Gasteiger partial charge in [-0.15, -0.1) is 0 Å². The number of hydrogen-bond donors (Lipinski definition) is 0. The second-order valence-electron chi connectivity index (χ2n) is 5.41. The number of rotatable bonds is 4. The van der Waals surface area contributed by atoms with Gasteiger partial charge in [-0.2, -0.15) is 0 Å². The van der Waals surface area contributed by atoms with Gasteiger partial charge in [0, 0.05) is 12.5 Å². The molecule has 1 saturated heterocycles. The van der Waals surface area contributed by atoms with Gasteiger partial charge in [0.1, 0.15) is 5.25 Å². The minimum Gasteiger partial charge on any atom is -0.465 e. The van der Waals surface area contributed by atoms with E-state index in [4.69, 9.17) is 4.74 Å². The topological polar surface area (TPSA) is 61.2 Å². The van der Waals surface area contributed by atoms with Crippen molar-refractivity contribution in [3.63, 3.8) is 0 Å². The van der Waals surface area contributed by atoms with Crippen LogP contribution in [0.1, 0.15) is 32.7 Å². The number of fused-ring (bicyclic) bond motifs is 1. The molecule has 2 aromatic rings. The lowest BCUT2D eigenvalue weighted by Crippen LogP contribution is -2.27. The maximum absolute atomic E-state index is 12.8. The van der Waals surface area contributed by atoms with Crippen LogP contribution in [0, 0.1) is 0 Å². The summed E-state index contributed by atoms with van der Waals surface area (Å²) in [5.41, 5.74) is 0.620. The molecule has 0 radical (unpaired) electrons. The molecule has 1 aromatic heterocycles. The Morgan fingerprint density at radius 2 is 2.18 bits per heavy atom. The van der Waals surface area contributed by atoms with Crippen LogP contribution < -0.4 is 5.56 Å². The third-order valence-corrected chi connectivity index (χ3v) is 5.15. The molecule has 1 aromatic carbocycles. The molecule has 6 heteroatoms. The second kappa shape index (κ2) is 6.12. The van der Waals surface area contributed by atoms with Crippen molar-refractivity contribution in [1.29, 1.82) is 0 Å². The number of nitrogens with zero attached hydrogens (tertiary/aromatic N) is 2. The minimum atomic E-state index is -0.275. The van der Waals surface area contributed by atoms with E-state index in [1.807, 2.05) is 32.0 Å². The maximum Gasteiger partial charge on any atom is 0.319 e. The van der Waals surface area contributed by atoms with Crippen LogP contribution in [0.2, 0.25) is 0 Å². The van der Waals surface area contributed by atoms with E-state index in [1.165, 1.54) is 11.8 Å². The van der Waals surface area contributed by atoms with E-state index >= 15 is 0 Å². The molecule has 5 nitrogen and oxygen atoms in total. The zero-order valence-corrected chi connectivity index (χ0v) is 13.4. The fourth-order valence-electron chi connectivity index (χ4n) is 2.49. The average molecular weight is 318 g/mol. The summed E-state index contributed by atoms with van der Waals surface area (Å²) in [5.74, 6) is -0.219. The fourth-order valence-corrected chi connectivity index (χ4v) is 3.65. The van der Waals surface area contributed by atoms with Crippen LogP contribution in [0.5, 0.6) is 0 Å². The average Bonchev–Trinajstić information content (AvgIpc) is 2.92. The molecule has 0 bridgehead atoms. The van der Waals surface area contributed by atoms with Gasteiger partial charge in [0.15, 0.2) is 5.16 Å². The van der Waals surface area contributed by atoms with Gasteiger partial charge < -0.3 is 4.74 Å². The van der Waals surface area contributed by atoms with Crippen molar-refractivity contribution in [1.82, 2.24) is 9.55 Å². The Labute approximate surface area is 132 Å². The molecule has 0 saturated carbocycles. The highest BCUT2D eigenvalue weighted by atomic mass is 32.2. The molecular formula is C16H18N2O3S. The van der Waals surface area contributed by atoms with Crippen molar-refractivity contribution < 1.29 is 9.53 Å². The lowest BCUT2D eigenvalue weighted by atomic mass is 10.2. The molecule has 0 spiro atoms. The van der Waals surface area contributed by atoms with Gasteiger partial charge in [0.05, 0.1) is 17.5 Å². The van der Waals surface area contributed by atoms with Gasteiger partial charge in [-0.05, 0) is 25.5 Å². The molecule has 2 heterocycles. The molecule has 116 valence electrons. The van der Waals surface area contributed by atoms with E-state index in [2.05, 4.69) is 4.98 Å². The largest absolute Gasteiger partial charge is 0.465 e. The molecule has 1 fully saturated rings. The number of ether oxygens (including phenoxy) is 1. The van der Waals surface area contributed by atoms with E-state index in [0.717, 1.165) is 6.42 Å². The van der Waals surface area contributed by atoms with Crippen LogP contribution in [0.15, 0.2) is 34.2 Å². The Bertz CT molecular complexity index is 772. The summed E-state index contributed by atoms with van der Waals surface area (Å²) in [7, 11) is 0. The van der Waals surface area contributed by atoms with Crippen molar-refractivity contribution in [2.24, 2.45) is 0 Å². The number of aromatic nitrogens is 2. The number of cyclic esters (lactones) is 1. The smallest absolute Gasteiger partial charge is 0.319 e. The molecule has 1 aliphatic rings. The molecule has 0 aliphatic carbocycles. The van der Waals surface area contributed by atoms with Crippen molar-refractivity contribution in [3.8, 4) is 0 Å². The van der Waals surface area contributed by atoms with Gasteiger partial charge in [0.25, 0.3) is 5.56 Å². The van der Waals surface area contributed by atoms with Crippen LogP contribution in [-0.2, 0) is 9.53 Å². The molecule has 0 amide bonds. The summed E-state index contributed by atoms with van der Waals surface area (Å²) < 4.78 is 6.71. The van der Waals surface area contributed by atoms with Gasteiger partial charge in [-0.3, -0.25) is 14.2 Å². The zero-order valence-electron chi connectivity index (χ0n) is 12.6. The van der Waals surface area contributed by atoms with Gasteiger partial charge in [-0.1, -0.05) is 30.8 Å². The van der Waals surface area contributed by atoms with Crippen LogP contribution in [0.25, 0.3) is 10.9 Å². The van der Waals surface area contributed by atoms with Crippen LogP contribution in [0.3, 0.4) is 0 Å². The second-order valence-corrected chi connectivity index (χ2v) is 6.58. The molecule has 2 atom stereocenters. The Morgan fingerprint density at radius 3 is 2.86 bits per heavy atom. The van der Waals surface area contributed by atoms with E-state index < -0.39 is 0 Å². The monoisotopic (exact) mass is 318 g/mol. The lowest BCUT2D eigenvalue weighted by molar-refractivity contribution is -0.137. The summed E-state index contributed by atoms with van der Waals surface area (Å²) in [5, 5.41) is 0.936. The van der Waals surface area contributed by atoms with Crippen molar-refractivity contribution in [3.05, 3.63) is 34.6 Å². The molecule has 0 N–H and O–H groups in total. The fraction of sp³-hybridized carbons (Fsp3) is 0.438. The minimum absolute atomic E-state index is 0.0320. The lowest BCUT2D eigenvalue weighted by Gasteiger charge is -2.19. The number of para-hydroxylation sites is 1. The van der Waals surface area contributed by atoms with E-state index in [0.29, 0.717) is 29.1 Å². The molecule has 0 unspecified atom stereocenters. The Balaban J connectivity index is 2.13. The van der Waals surface area contributed by atoms with Crippen LogP contribution >= 0.6 is 11.8 Å². The number of carbonyl (C=O) groups excluding carboxylic acids is 1. The number of carbonyl (C=O) groups is 1. The third-order valence-electron chi connectivity index (χ3n) is 3.94. The highest BCUT2D eigenvalue weighted by molar-refractivity contribution is 8.00. The van der Waals surface area contributed by atoms with E-state index in [-0.39, 0.29) is 22.8 Å². The standard InChI is InChI=1S/C16H18N2O3S/c1-3-10(2)18-14(19)11-6-4-5-7-12(11)17-16(18)22-13-8-9-21-15(13)20/h4-7,10,13H,3,8-9H2,1-2H3/t10-,13-/m1/s1. The van der Waals surface area contributed by atoms with Gasteiger partial charge >= 0.3 is 5.97 Å². The molecule has 1 aliphatic heterocycles. The first-order valence-electron chi connectivity index (χ1n) is 7.46. The maximum atomic E-state index is 12.8. The zero-order chi connectivity index (χ0) is 15.7. The predicted molar refractivity (Wildman–Crippen MR) is 86.2 cm³/mol. The summed E-state index contributed by atoms with van der Waals surface area (Å²) in [6.07, 6.45) is 1.48. The first-order valence-corrected chi connectivity index (χ1v) is 8.34. The van der Waals surface area contributed by atoms with E-state index in [1.54, 1.807) is 10.6 Å². The van der Waals surface area contributed by atoms with Crippen molar-refractivity contribution in [2.75, 3.05) is 6.61 Å². The first-order chi connectivity index (χ1) is 10.6. The molecule has 22 heavy (non-hydrogen) atoms. The Hall–Kier alpha value is -1.82. The molecule has 3 rings (SSSR count). The van der Waals surface area contributed by atoms with Crippen LogP contribution in [-0.4, -0.2) is 27.4 Å². The summed E-state index contributed by atoms with van der Waals surface area (Å²) in [4.78, 5) is 29.1. The number of benzene rings is 1. The summed E-state index contributed by atoms with van der Waals surface area (Å²) in [6, 6.07) is 7.36. The van der Waals surface area contributed by atoms with Crippen LogP contribution in [0.4, 0.5) is 0 Å². The Morgan fingerprint density at radius 1 is 1.41 bits per heavy atom.